The van der Waals surface area contributed by atoms with E-state index in [1.165, 1.54) is 18.7 Å². The van der Waals surface area contributed by atoms with Crippen molar-refractivity contribution in [1.29, 1.82) is 0 Å². The van der Waals surface area contributed by atoms with E-state index in [1.54, 1.807) is 13.8 Å². The molecule has 0 radical (unpaired) electrons. The first kappa shape index (κ1) is 11.6. The molecule has 90 valence electrons. The van der Waals surface area contributed by atoms with E-state index in [0.29, 0.717) is 5.56 Å². The molecule has 0 N–H and O–H groups in total. The van der Waals surface area contributed by atoms with E-state index in [4.69, 9.17) is 4.42 Å². The van der Waals surface area contributed by atoms with Crippen LogP contribution in [0.5, 0.6) is 0 Å². The molecule has 0 bridgehead atoms. The largest absolute Gasteiger partial charge is 0.440 e. The zero-order chi connectivity index (χ0) is 12.4. The molecule has 0 aromatic carbocycles. The maximum atomic E-state index is 12.8. The average molecular weight is 239 g/mol. The predicted molar refractivity (Wildman–Crippen MR) is 56.6 cm³/mol. The number of aromatic nitrogens is 3. The highest BCUT2D eigenvalue weighted by molar-refractivity contribution is 5.50. The summed E-state index contributed by atoms with van der Waals surface area (Å²) < 4.78 is 30.9. The first-order valence-electron chi connectivity index (χ1n) is 5.13. The van der Waals surface area contributed by atoms with Gasteiger partial charge in [0.2, 0.25) is 5.89 Å². The molecule has 0 fully saturated rings. The summed E-state index contributed by atoms with van der Waals surface area (Å²) in [6, 6.07) is 0. The lowest BCUT2D eigenvalue weighted by Crippen LogP contribution is -1.93. The molecule has 2 aromatic rings. The van der Waals surface area contributed by atoms with Crippen LogP contribution in [0.2, 0.25) is 0 Å². The van der Waals surface area contributed by atoms with Crippen LogP contribution in [0.3, 0.4) is 0 Å². The van der Waals surface area contributed by atoms with E-state index < -0.39 is 6.43 Å². The van der Waals surface area contributed by atoms with E-state index in [-0.39, 0.29) is 23.3 Å². The molecule has 17 heavy (non-hydrogen) atoms. The number of rotatable bonds is 3. The molecule has 0 unspecified atom stereocenters. The normalized spacial score (nSPS) is 11.4. The molecule has 4 nitrogen and oxygen atoms in total. The summed E-state index contributed by atoms with van der Waals surface area (Å²) >= 11 is 0. The minimum Gasteiger partial charge on any atom is -0.440 e. The second-order valence-corrected chi connectivity index (χ2v) is 3.85. The molecule has 6 heteroatoms. The van der Waals surface area contributed by atoms with Crippen molar-refractivity contribution in [1.82, 2.24) is 15.0 Å². The topological polar surface area (TPSA) is 51.8 Å². The maximum absolute atomic E-state index is 12.8. The molecule has 0 spiro atoms. The molecule has 0 aliphatic heterocycles. The molecule has 2 rings (SSSR count). The van der Waals surface area contributed by atoms with Gasteiger partial charge in [0.15, 0.2) is 0 Å². The highest BCUT2D eigenvalue weighted by atomic mass is 19.3. The third kappa shape index (κ3) is 2.30. The first-order valence-corrected chi connectivity index (χ1v) is 5.13. The van der Waals surface area contributed by atoms with Crippen molar-refractivity contribution in [3.05, 3.63) is 30.2 Å². The van der Waals surface area contributed by atoms with E-state index in [0.717, 1.165) is 0 Å². The van der Waals surface area contributed by atoms with Crippen LogP contribution in [0.25, 0.3) is 11.5 Å². The van der Waals surface area contributed by atoms with Crippen molar-refractivity contribution in [3.8, 4) is 11.5 Å². The van der Waals surface area contributed by atoms with Crippen LogP contribution in [-0.2, 0) is 0 Å². The summed E-state index contributed by atoms with van der Waals surface area (Å²) in [5, 5.41) is 0. The van der Waals surface area contributed by atoms with Crippen LogP contribution >= 0.6 is 0 Å². The highest BCUT2D eigenvalue weighted by Gasteiger charge is 2.23. The summed E-state index contributed by atoms with van der Waals surface area (Å²) in [4.78, 5) is 11.4. The lowest BCUT2D eigenvalue weighted by atomic mass is 10.1. The Bertz CT molecular complexity index is 471. The van der Waals surface area contributed by atoms with Gasteiger partial charge in [-0.3, -0.25) is 0 Å². The van der Waals surface area contributed by atoms with Gasteiger partial charge in [-0.15, -0.1) is 0 Å². The number of hydrogen-bond acceptors (Lipinski definition) is 4. The summed E-state index contributed by atoms with van der Waals surface area (Å²) in [5.74, 6) is 0.188. The van der Waals surface area contributed by atoms with Gasteiger partial charge < -0.3 is 4.42 Å². The predicted octanol–water partition coefficient (Wildman–Crippen LogP) is 3.19. The van der Waals surface area contributed by atoms with Crippen LogP contribution in [0.15, 0.2) is 23.1 Å². The van der Waals surface area contributed by atoms with Crippen LogP contribution in [0.4, 0.5) is 8.78 Å². The van der Waals surface area contributed by atoms with E-state index in [2.05, 4.69) is 15.0 Å². The molecule has 0 aliphatic rings. The Balaban J connectivity index is 2.48. The lowest BCUT2D eigenvalue weighted by Gasteiger charge is -2.01. The van der Waals surface area contributed by atoms with Gasteiger partial charge in [0.25, 0.3) is 6.43 Å². The van der Waals surface area contributed by atoms with Crippen molar-refractivity contribution in [2.45, 2.75) is 26.2 Å². The zero-order valence-corrected chi connectivity index (χ0v) is 9.39. The minimum atomic E-state index is -2.64. The molecule has 0 atom stereocenters. The van der Waals surface area contributed by atoms with Gasteiger partial charge in [0.1, 0.15) is 17.8 Å². The standard InChI is InChI=1S/C11H11F2N3O/c1-6(2)9-8(10(12)13)16-11(17-9)7-3-14-5-15-4-7/h3-6,10H,1-2H3. The summed E-state index contributed by atoms with van der Waals surface area (Å²) in [6.07, 6.45) is 1.65. The van der Waals surface area contributed by atoms with Gasteiger partial charge >= 0.3 is 0 Å². The zero-order valence-electron chi connectivity index (χ0n) is 9.39. The molecule has 0 saturated carbocycles. The van der Waals surface area contributed by atoms with E-state index >= 15 is 0 Å². The second kappa shape index (κ2) is 4.57. The Morgan fingerprint density at radius 2 is 1.82 bits per heavy atom. The molecular weight excluding hydrogens is 228 g/mol. The molecule has 2 heterocycles. The van der Waals surface area contributed by atoms with Crippen LogP contribution < -0.4 is 0 Å². The Labute approximate surface area is 96.7 Å². The van der Waals surface area contributed by atoms with Gasteiger partial charge in [-0.25, -0.2) is 23.7 Å². The van der Waals surface area contributed by atoms with Gasteiger partial charge in [0, 0.05) is 18.3 Å². The van der Waals surface area contributed by atoms with Gasteiger partial charge in [-0.1, -0.05) is 13.8 Å². The second-order valence-electron chi connectivity index (χ2n) is 3.85. The Morgan fingerprint density at radius 3 is 2.29 bits per heavy atom. The van der Waals surface area contributed by atoms with Crippen LogP contribution in [0, 0.1) is 0 Å². The number of halogens is 2. The van der Waals surface area contributed by atoms with E-state index in [9.17, 15) is 8.78 Å². The number of hydrogen-bond donors (Lipinski definition) is 0. The van der Waals surface area contributed by atoms with Gasteiger partial charge in [-0.05, 0) is 0 Å². The van der Waals surface area contributed by atoms with Crippen molar-refractivity contribution < 1.29 is 13.2 Å². The third-order valence-corrected chi connectivity index (χ3v) is 2.22. The summed E-state index contributed by atoms with van der Waals surface area (Å²) in [6.45, 7) is 3.55. The molecule has 0 saturated heterocycles. The first-order chi connectivity index (χ1) is 8.09. The minimum absolute atomic E-state index is 0.129. The lowest BCUT2D eigenvalue weighted by molar-refractivity contribution is 0.143. The molecular formula is C11H11F2N3O. The molecule has 0 aliphatic carbocycles. The van der Waals surface area contributed by atoms with Crippen molar-refractivity contribution in [3.63, 3.8) is 0 Å². The Hall–Kier alpha value is -1.85. The summed E-state index contributed by atoms with van der Waals surface area (Å²) in [5.41, 5.74) is 0.181. The average Bonchev–Trinajstić information content (AvgIpc) is 2.75. The van der Waals surface area contributed by atoms with E-state index in [1.807, 2.05) is 0 Å². The fourth-order valence-corrected chi connectivity index (χ4v) is 1.45. The number of alkyl halides is 2. The fraction of sp³-hybridized carbons (Fsp3) is 0.364. The van der Waals surface area contributed by atoms with Crippen molar-refractivity contribution in [2.24, 2.45) is 0 Å². The SMILES string of the molecule is CC(C)c1oc(-c2cncnc2)nc1C(F)F. The summed E-state index contributed by atoms with van der Waals surface area (Å²) in [7, 11) is 0. The smallest absolute Gasteiger partial charge is 0.283 e. The third-order valence-electron chi connectivity index (χ3n) is 2.22. The van der Waals surface area contributed by atoms with Crippen molar-refractivity contribution in [2.75, 3.05) is 0 Å². The number of oxazole rings is 1. The van der Waals surface area contributed by atoms with Crippen molar-refractivity contribution >= 4 is 0 Å². The quantitative estimate of drug-likeness (QED) is 0.825. The molecule has 0 amide bonds. The number of nitrogens with zero attached hydrogens (tertiary/aromatic N) is 3. The van der Waals surface area contributed by atoms with Gasteiger partial charge in [-0.2, -0.15) is 0 Å². The van der Waals surface area contributed by atoms with Gasteiger partial charge in [0.05, 0.1) is 5.56 Å². The van der Waals surface area contributed by atoms with Crippen LogP contribution in [-0.4, -0.2) is 15.0 Å². The fourth-order valence-electron chi connectivity index (χ4n) is 1.45. The van der Waals surface area contributed by atoms with Crippen LogP contribution in [0.1, 0.15) is 37.6 Å². The molecule has 2 aromatic heterocycles. The highest BCUT2D eigenvalue weighted by Crippen LogP contribution is 2.31. The maximum Gasteiger partial charge on any atom is 0.283 e. The Kier molecular flexibility index (Phi) is 3.12. The Morgan fingerprint density at radius 1 is 1.18 bits per heavy atom. The monoisotopic (exact) mass is 239 g/mol.